The number of nitrogens with one attached hydrogen (secondary N) is 1. The van der Waals surface area contributed by atoms with E-state index >= 15 is 0 Å². The van der Waals surface area contributed by atoms with Crippen LogP contribution in [0.4, 0.5) is 5.82 Å². The van der Waals surface area contributed by atoms with E-state index in [-0.39, 0.29) is 0 Å². The first-order chi connectivity index (χ1) is 17.1. The van der Waals surface area contributed by atoms with Crippen molar-refractivity contribution in [2.75, 3.05) is 13.1 Å². The normalized spacial score (nSPS) is 15.1. The first kappa shape index (κ1) is 21.9. The van der Waals surface area contributed by atoms with E-state index in [1.165, 1.54) is 22.1 Å². The molecular formula is C29H26ClN5. The second-order valence-electron chi connectivity index (χ2n) is 9.45. The van der Waals surface area contributed by atoms with Gasteiger partial charge in [0.25, 0.3) is 0 Å². The number of halogens is 1. The molecule has 0 aliphatic carbocycles. The molecule has 1 N–H and O–H groups in total. The number of fused-ring (bicyclic) bond motifs is 2. The van der Waals surface area contributed by atoms with Crippen molar-refractivity contribution in [3.8, 4) is 5.69 Å². The van der Waals surface area contributed by atoms with Crippen molar-refractivity contribution in [1.82, 2.24) is 19.4 Å². The van der Waals surface area contributed by atoms with Gasteiger partial charge in [-0.25, -0.2) is 0 Å². The van der Waals surface area contributed by atoms with Gasteiger partial charge in [0.05, 0.1) is 11.7 Å². The average molecular weight is 480 g/mol. The number of benzene rings is 2. The molecule has 6 heteroatoms. The second kappa shape index (κ2) is 8.88. The van der Waals surface area contributed by atoms with E-state index in [1.807, 2.05) is 30.6 Å². The van der Waals surface area contributed by atoms with E-state index in [0.717, 1.165) is 59.6 Å². The van der Waals surface area contributed by atoms with Gasteiger partial charge in [0.15, 0.2) is 0 Å². The third-order valence-electron chi connectivity index (χ3n) is 7.46. The van der Waals surface area contributed by atoms with Crippen LogP contribution in [0, 0.1) is 13.5 Å². The molecule has 1 saturated heterocycles. The molecule has 5 nitrogen and oxygen atoms in total. The molecule has 2 aromatic carbocycles. The molecule has 6 rings (SSSR count). The van der Waals surface area contributed by atoms with Crippen molar-refractivity contribution in [2.24, 2.45) is 0 Å². The lowest BCUT2D eigenvalue weighted by molar-refractivity contribution is 0.205. The second-order valence-corrected chi connectivity index (χ2v) is 9.89. The summed E-state index contributed by atoms with van der Waals surface area (Å²) in [4.78, 5) is 13.7. The summed E-state index contributed by atoms with van der Waals surface area (Å²) in [6, 6.07) is 16.4. The number of piperidine rings is 1. The minimum Gasteiger partial charge on any atom is -0.364 e. The van der Waals surface area contributed by atoms with Crippen molar-refractivity contribution < 1.29 is 0 Å². The number of hydrogen-bond donors (Lipinski definition) is 1. The number of likely N-dealkylation sites (tertiary alicyclic amines) is 1. The fraction of sp³-hybridized carbons (Fsp3) is 0.241. The molecule has 1 fully saturated rings. The Kier molecular flexibility index (Phi) is 5.56. The summed E-state index contributed by atoms with van der Waals surface area (Å²) >= 11 is 6.12. The van der Waals surface area contributed by atoms with Crippen LogP contribution in [0.2, 0.25) is 5.02 Å². The number of aromatic nitrogens is 3. The van der Waals surface area contributed by atoms with Gasteiger partial charge in [-0.15, -0.1) is 0 Å². The largest absolute Gasteiger partial charge is 0.364 e. The van der Waals surface area contributed by atoms with Gasteiger partial charge in [-0.1, -0.05) is 24.2 Å². The molecule has 35 heavy (non-hydrogen) atoms. The highest BCUT2D eigenvalue weighted by atomic mass is 35.5. The molecule has 4 heterocycles. The maximum absolute atomic E-state index is 7.28. The molecule has 1 aliphatic heterocycles. The quantitative estimate of drug-likeness (QED) is 0.273. The van der Waals surface area contributed by atoms with Crippen LogP contribution in [0.5, 0.6) is 0 Å². The van der Waals surface area contributed by atoms with Crippen LogP contribution in [0.25, 0.3) is 32.3 Å². The highest BCUT2D eigenvalue weighted by Crippen LogP contribution is 2.36. The van der Waals surface area contributed by atoms with Crippen LogP contribution in [0.3, 0.4) is 0 Å². The lowest BCUT2D eigenvalue weighted by Gasteiger charge is -2.32. The molecule has 5 aromatic rings. The summed E-state index contributed by atoms with van der Waals surface area (Å²) in [5.74, 6) is 1.13. The summed E-state index contributed by atoms with van der Waals surface area (Å²) in [7, 11) is 0. The molecule has 0 unspecified atom stereocenters. The number of pyridine rings is 1. The standard InChI is InChI=1S/C29H26ClN5/c1-19-21(3-8-27-25(19)15-29(31-2)33-27)17-34-13-10-20(11-14-34)26-18-35(23-6-4-22(30)5-7-23)28-16-32-12-9-24(26)28/h3-9,12,15-16,18,20,33H,10-11,13-14,17H2,1H3. The predicted molar refractivity (Wildman–Crippen MR) is 143 cm³/mol. The van der Waals surface area contributed by atoms with Crippen LogP contribution in [0.1, 0.15) is 35.4 Å². The Morgan fingerprint density at radius 1 is 1.09 bits per heavy atom. The first-order valence-corrected chi connectivity index (χ1v) is 12.4. The van der Waals surface area contributed by atoms with Crippen LogP contribution in [0.15, 0.2) is 67.1 Å². The highest BCUT2D eigenvalue weighted by molar-refractivity contribution is 6.30. The fourth-order valence-corrected chi connectivity index (χ4v) is 5.62. The lowest BCUT2D eigenvalue weighted by Crippen LogP contribution is -2.32. The molecule has 1 aliphatic rings. The van der Waals surface area contributed by atoms with Gasteiger partial charge < -0.3 is 14.4 Å². The molecule has 3 aromatic heterocycles. The van der Waals surface area contributed by atoms with Gasteiger partial charge in [-0.3, -0.25) is 9.88 Å². The Bertz CT molecular complexity index is 1560. The number of rotatable bonds is 4. The first-order valence-electron chi connectivity index (χ1n) is 12.0. The zero-order valence-electron chi connectivity index (χ0n) is 19.6. The number of hydrogen-bond acceptors (Lipinski definition) is 2. The van der Waals surface area contributed by atoms with Crippen LogP contribution >= 0.6 is 11.6 Å². The summed E-state index contributed by atoms with van der Waals surface area (Å²) < 4.78 is 2.24. The Morgan fingerprint density at radius 2 is 1.89 bits per heavy atom. The van der Waals surface area contributed by atoms with Crippen molar-refractivity contribution >= 4 is 39.2 Å². The smallest absolute Gasteiger partial charge is 0.229 e. The third-order valence-corrected chi connectivity index (χ3v) is 7.71. The molecular weight excluding hydrogens is 454 g/mol. The van der Waals surface area contributed by atoms with Crippen LogP contribution in [-0.2, 0) is 6.54 Å². The topological polar surface area (TPSA) is 41.2 Å². The van der Waals surface area contributed by atoms with Gasteiger partial charge in [0.2, 0.25) is 5.82 Å². The maximum atomic E-state index is 7.28. The monoisotopic (exact) mass is 479 g/mol. The predicted octanol–water partition coefficient (Wildman–Crippen LogP) is 7.40. The van der Waals surface area contributed by atoms with Gasteiger partial charge >= 0.3 is 0 Å². The Labute approximate surface area is 209 Å². The maximum Gasteiger partial charge on any atom is 0.229 e. The van der Waals surface area contributed by atoms with Gasteiger partial charge in [0.1, 0.15) is 5.52 Å². The van der Waals surface area contributed by atoms with E-state index < -0.39 is 0 Å². The van der Waals surface area contributed by atoms with Gasteiger partial charge in [0, 0.05) is 40.4 Å². The average Bonchev–Trinajstić information content (AvgIpc) is 3.49. The van der Waals surface area contributed by atoms with Gasteiger partial charge in [-0.2, -0.15) is 0 Å². The number of nitrogens with zero attached hydrogens (tertiary/aromatic N) is 4. The Morgan fingerprint density at radius 3 is 2.66 bits per heavy atom. The zero-order chi connectivity index (χ0) is 23.9. The van der Waals surface area contributed by atoms with Gasteiger partial charge in [-0.05, 0) is 97.9 Å². The summed E-state index contributed by atoms with van der Waals surface area (Å²) in [5, 5.41) is 3.19. The van der Waals surface area contributed by atoms with Crippen molar-refractivity contribution in [3.05, 3.63) is 100 Å². The summed E-state index contributed by atoms with van der Waals surface area (Å²) in [5.41, 5.74) is 7.32. The highest BCUT2D eigenvalue weighted by Gasteiger charge is 2.25. The van der Waals surface area contributed by atoms with Crippen molar-refractivity contribution in [2.45, 2.75) is 32.2 Å². The Balaban J connectivity index is 1.22. The van der Waals surface area contributed by atoms with E-state index in [1.54, 1.807) is 0 Å². The molecule has 0 saturated carbocycles. The molecule has 0 atom stereocenters. The molecule has 0 bridgehead atoms. The summed E-state index contributed by atoms with van der Waals surface area (Å²) in [6.45, 7) is 12.5. The van der Waals surface area contributed by atoms with Crippen molar-refractivity contribution in [1.29, 1.82) is 0 Å². The van der Waals surface area contributed by atoms with E-state index in [0.29, 0.717) is 11.7 Å². The lowest BCUT2D eigenvalue weighted by atomic mass is 9.89. The van der Waals surface area contributed by atoms with Crippen LogP contribution in [-0.4, -0.2) is 32.5 Å². The minimum atomic E-state index is 0.527. The number of aromatic amines is 1. The zero-order valence-corrected chi connectivity index (χ0v) is 20.4. The number of H-pyrrole nitrogens is 1. The van der Waals surface area contributed by atoms with E-state index in [9.17, 15) is 0 Å². The fourth-order valence-electron chi connectivity index (χ4n) is 5.49. The minimum absolute atomic E-state index is 0.527. The van der Waals surface area contributed by atoms with E-state index in [4.69, 9.17) is 18.2 Å². The SMILES string of the molecule is [C-]#[N+]c1cc2c(C)c(CN3CCC(c4cn(-c5ccc(Cl)cc5)c5cnccc45)CC3)ccc2[nH]1. The number of aryl methyl sites for hydroxylation is 1. The molecule has 0 radical (unpaired) electrons. The molecule has 0 amide bonds. The van der Waals surface area contributed by atoms with E-state index in [2.05, 4.69) is 67.7 Å². The molecule has 0 spiro atoms. The Hall–Kier alpha value is -3.59. The third kappa shape index (κ3) is 3.99. The summed E-state index contributed by atoms with van der Waals surface area (Å²) in [6.07, 6.45) is 8.42. The molecule has 174 valence electrons. The van der Waals surface area contributed by atoms with Crippen LogP contribution < -0.4 is 0 Å². The van der Waals surface area contributed by atoms with Crippen molar-refractivity contribution in [3.63, 3.8) is 0 Å².